The molecule has 0 aliphatic carbocycles. The molecule has 0 aromatic carbocycles. The lowest BCUT2D eigenvalue weighted by molar-refractivity contribution is -0.143. The summed E-state index contributed by atoms with van der Waals surface area (Å²) in [5.74, 6) is -1.49. The lowest BCUT2D eigenvalue weighted by Gasteiger charge is -2.37. The van der Waals surface area contributed by atoms with E-state index in [1.807, 2.05) is 0 Å². The van der Waals surface area contributed by atoms with Crippen LogP contribution in [0.25, 0.3) is 0 Å². The number of aromatic amines is 1. The van der Waals surface area contributed by atoms with Crippen LogP contribution in [0.15, 0.2) is 17.1 Å². The molecule has 1 aromatic rings. The van der Waals surface area contributed by atoms with Crippen molar-refractivity contribution in [1.82, 2.24) is 9.88 Å². The second-order valence-electron chi connectivity index (χ2n) is 5.50. The molecule has 20 heavy (non-hydrogen) atoms. The van der Waals surface area contributed by atoms with Gasteiger partial charge in [0.2, 0.25) is 5.56 Å². The number of carboxylic acid groups (broad SMARTS) is 1. The summed E-state index contributed by atoms with van der Waals surface area (Å²) < 4.78 is 0. The minimum Gasteiger partial charge on any atom is -0.481 e. The van der Waals surface area contributed by atoms with Gasteiger partial charge in [0.1, 0.15) is 0 Å². The second kappa shape index (κ2) is 4.77. The molecule has 1 aromatic heterocycles. The van der Waals surface area contributed by atoms with Crippen molar-refractivity contribution >= 4 is 11.9 Å². The Hall–Kier alpha value is -2.11. The fourth-order valence-corrected chi connectivity index (χ4v) is 3.17. The number of piperidine rings is 1. The number of amides is 1. The quantitative estimate of drug-likeness (QED) is 0.787. The SMILES string of the molecule is O=C(O)[C@H]1CC[C@H]2CCc3cc(=O)[nH]cc3C(=O)N2C1. The van der Waals surface area contributed by atoms with Crippen LogP contribution in [0.4, 0.5) is 0 Å². The van der Waals surface area contributed by atoms with Gasteiger partial charge in [-0.15, -0.1) is 0 Å². The second-order valence-corrected chi connectivity index (χ2v) is 5.50. The highest BCUT2D eigenvalue weighted by molar-refractivity contribution is 5.96. The number of nitrogens with one attached hydrogen (secondary N) is 1. The van der Waals surface area contributed by atoms with Crippen molar-refractivity contribution in [3.63, 3.8) is 0 Å². The largest absolute Gasteiger partial charge is 0.481 e. The van der Waals surface area contributed by atoms with Crippen molar-refractivity contribution in [3.8, 4) is 0 Å². The Morgan fingerprint density at radius 2 is 2.10 bits per heavy atom. The minimum absolute atomic E-state index is 0.0839. The Morgan fingerprint density at radius 3 is 2.85 bits per heavy atom. The summed E-state index contributed by atoms with van der Waals surface area (Å²) in [6.45, 7) is 0.261. The fraction of sp³-hybridized carbons (Fsp3) is 0.500. The fourth-order valence-electron chi connectivity index (χ4n) is 3.17. The summed E-state index contributed by atoms with van der Waals surface area (Å²) >= 11 is 0. The number of aromatic nitrogens is 1. The molecule has 6 nitrogen and oxygen atoms in total. The summed E-state index contributed by atoms with van der Waals surface area (Å²) in [6, 6.07) is 1.56. The Bertz CT molecular complexity index is 622. The van der Waals surface area contributed by atoms with Gasteiger partial charge in [0.15, 0.2) is 0 Å². The van der Waals surface area contributed by atoms with Gasteiger partial charge in [0, 0.05) is 24.8 Å². The highest BCUT2D eigenvalue weighted by Crippen LogP contribution is 2.30. The van der Waals surface area contributed by atoms with Gasteiger partial charge >= 0.3 is 5.97 Å². The first-order valence-electron chi connectivity index (χ1n) is 6.81. The Balaban J connectivity index is 1.95. The van der Waals surface area contributed by atoms with Gasteiger partial charge in [0.25, 0.3) is 5.91 Å². The number of pyridine rings is 1. The van der Waals surface area contributed by atoms with Gasteiger partial charge in [-0.3, -0.25) is 14.4 Å². The molecule has 0 saturated carbocycles. The van der Waals surface area contributed by atoms with E-state index >= 15 is 0 Å². The molecule has 1 fully saturated rings. The van der Waals surface area contributed by atoms with Gasteiger partial charge in [0.05, 0.1) is 11.5 Å². The highest BCUT2D eigenvalue weighted by Gasteiger charge is 2.37. The van der Waals surface area contributed by atoms with Gasteiger partial charge in [-0.05, 0) is 31.2 Å². The van der Waals surface area contributed by atoms with Crippen molar-refractivity contribution in [2.75, 3.05) is 6.54 Å². The monoisotopic (exact) mass is 276 g/mol. The predicted molar refractivity (Wildman–Crippen MR) is 70.6 cm³/mol. The third-order valence-corrected chi connectivity index (χ3v) is 4.30. The number of rotatable bonds is 1. The Morgan fingerprint density at radius 1 is 1.30 bits per heavy atom. The normalized spacial score (nSPS) is 25.6. The van der Waals surface area contributed by atoms with Gasteiger partial charge in [-0.25, -0.2) is 0 Å². The smallest absolute Gasteiger partial charge is 0.308 e. The van der Waals surface area contributed by atoms with Crippen LogP contribution in [0.2, 0.25) is 0 Å². The topological polar surface area (TPSA) is 90.5 Å². The van der Waals surface area contributed by atoms with Crippen LogP contribution in [0.3, 0.4) is 0 Å². The molecule has 106 valence electrons. The van der Waals surface area contributed by atoms with Crippen LogP contribution in [0, 0.1) is 5.92 Å². The Kier molecular flexibility index (Phi) is 3.08. The lowest BCUT2D eigenvalue weighted by atomic mass is 9.91. The number of hydrogen-bond donors (Lipinski definition) is 2. The van der Waals surface area contributed by atoms with Gasteiger partial charge in [-0.1, -0.05) is 0 Å². The standard InChI is InChI=1S/C14H16N2O4/c17-12-5-8-1-3-10-4-2-9(14(19)20)7-16(10)13(18)11(8)6-15-12/h5-6,9-10H,1-4,7H2,(H,15,17)(H,19,20)/t9-,10+/m0/s1. The molecule has 0 unspecified atom stereocenters. The number of carbonyl (C=O) groups excluding carboxylic acids is 1. The molecule has 0 spiro atoms. The van der Waals surface area contributed by atoms with Crippen LogP contribution in [-0.2, 0) is 11.2 Å². The lowest BCUT2D eigenvalue weighted by Crippen LogP contribution is -2.48. The third kappa shape index (κ3) is 2.11. The maximum Gasteiger partial charge on any atom is 0.308 e. The van der Waals surface area contributed by atoms with Crippen LogP contribution in [0.1, 0.15) is 35.2 Å². The van der Waals surface area contributed by atoms with E-state index in [4.69, 9.17) is 5.11 Å². The van der Waals surface area contributed by atoms with Crippen LogP contribution < -0.4 is 5.56 Å². The first kappa shape index (κ1) is 12.9. The van der Waals surface area contributed by atoms with E-state index in [0.29, 0.717) is 24.8 Å². The van der Waals surface area contributed by atoms with E-state index in [1.165, 1.54) is 12.3 Å². The van der Waals surface area contributed by atoms with Crippen molar-refractivity contribution in [3.05, 3.63) is 33.7 Å². The molecule has 0 bridgehead atoms. The number of aryl methyl sites for hydroxylation is 1. The molecule has 3 heterocycles. The molecule has 0 radical (unpaired) electrons. The van der Waals surface area contributed by atoms with Crippen LogP contribution in [0.5, 0.6) is 0 Å². The van der Waals surface area contributed by atoms with E-state index < -0.39 is 11.9 Å². The first-order valence-corrected chi connectivity index (χ1v) is 6.81. The van der Waals surface area contributed by atoms with E-state index in [-0.39, 0.29) is 24.1 Å². The first-order chi connectivity index (χ1) is 9.56. The summed E-state index contributed by atoms with van der Waals surface area (Å²) in [4.78, 5) is 39.2. The summed E-state index contributed by atoms with van der Waals surface area (Å²) in [5.41, 5.74) is 1.05. The predicted octanol–water partition coefficient (Wildman–Crippen LogP) is 0.627. The van der Waals surface area contributed by atoms with Gasteiger partial charge in [-0.2, -0.15) is 0 Å². The van der Waals surface area contributed by atoms with Crippen molar-refractivity contribution in [2.24, 2.45) is 5.92 Å². The zero-order valence-electron chi connectivity index (χ0n) is 11.0. The molecule has 1 saturated heterocycles. The van der Waals surface area contributed by atoms with Crippen molar-refractivity contribution in [1.29, 1.82) is 0 Å². The third-order valence-electron chi connectivity index (χ3n) is 4.30. The number of nitrogens with zero attached hydrogens (tertiary/aromatic N) is 1. The summed E-state index contributed by atoms with van der Waals surface area (Å²) in [5, 5.41) is 9.13. The number of H-pyrrole nitrogens is 1. The van der Waals surface area contributed by atoms with Crippen LogP contribution >= 0.6 is 0 Å². The molecular weight excluding hydrogens is 260 g/mol. The number of carboxylic acids is 1. The van der Waals surface area contributed by atoms with E-state index in [1.54, 1.807) is 4.90 Å². The molecule has 2 atom stereocenters. The van der Waals surface area contributed by atoms with E-state index in [0.717, 1.165) is 12.0 Å². The number of aliphatic carboxylic acids is 1. The summed E-state index contributed by atoms with van der Waals surface area (Å²) in [6.07, 6.45) is 4.24. The van der Waals surface area contributed by atoms with E-state index in [2.05, 4.69) is 4.98 Å². The zero-order valence-corrected chi connectivity index (χ0v) is 11.0. The molecule has 1 amide bonds. The molecule has 2 aliphatic rings. The van der Waals surface area contributed by atoms with Crippen molar-refractivity contribution in [2.45, 2.75) is 31.7 Å². The summed E-state index contributed by atoms with van der Waals surface area (Å²) in [7, 11) is 0. The Labute approximate surface area is 115 Å². The number of fused-ring (bicyclic) bond motifs is 2. The molecule has 6 heteroatoms. The molecular formula is C14H16N2O4. The van der Waals surface area contributed by atoms with Crippen LogP contribution in [-0.4, -0.2) is 39.5 Å². The number of carbonyl (C=O) groups is 2. The number of hydrogen-bond acceptors (Lipinski definition) is 3. The minimum atomic E-state index is -0.845. The van der Waals surface area contributed by atoms with Crippen molar-refractivity contribution < 1.29 is 14.7 Å². The highest BCUT2D eigenvalue weighted by atomic mass is 16.4. The maximum atomic E-state index is 12.6. The average Bonchev–Trinajstić information content (AvgIpc) is 2.56. The zero-order chi connectivity index (χ0) is 14.3. The van der Waals surface area contributed by atoms with Gasteiger partial charge < -0.3 is 15.0 Å². The maximum absolute atomic E-state index is 12.6. The average molecular weight is 276 g/mol. The van der Waals surface area contributed by atoms with E-state index in [9.17, 15) is 14.4 Å². The molecule has 2 N–H and O–H groups in total. The molecule has 2 aliphatic heterocycles. The molecule has 3 rings (SSSR count).